The van der Waals surface area contributed by atoms with Gasteiger partial charge < -0.3 is 16.8 Å². The number of carbonyl (C=O) groups is 1. The molecule has 0 saturated carbocycles. The quantitative estimate of drug-likeness (QED) is 0.576. The number of nitrogen functional groups attached to an aromatic ring is 2. The van der Waals surface area contributed by atoms with Crippen LogP contribution in [0.15, 0.2) is 35.5 Å². The number of amides is 1. The van der Waals surface area contributed by atoms with E-state index < -0.39 is 0 Å². The van der Waals surface area contributed by atoms with Gasteiger partial charge in [-0.05, 0) is 18.6 Å². The highest BCUT2D eigenvalue weighted by atomic mass is 32.2. The molecule has 1 aromatic heterocycles. The van der Waals surface area contributed by atoms with E-state index in [0.29, 0.717) is 29.0 Å². The van der Waals surface area contributed by atoms with E-state index in [4.69, 9.17) is 11.5 Å². The lowest BCUT2D eigenvalue weighted by molar-refractivity contribution is -0.115. The molecule has 1 aromatic carbocycles. The lowest BCUT2D eigenvalue weighted by Crippen LogP contribution is -2.13. The zero-order chi connectivity index (χ0) is 15.2. The average molecular weight is 303 g/mol. The number of anilines is 3. The molecule has 21 heavy (non-hydrogen) atoms. The van der Waals surface area contributed by atoms with Gasteiger partial charge in [-0.3, -0.25) is 4.79 Å². The predicted molar refractivity (Wildman–Crippen MR) is 86.0 cm³/mol. The highest BCUT2D eigenvalue weighted by Crippen LogP contribution is 2.18. The molecule has 2 rings (SSSR count). The molecule has 0 spiro atoms. The average Bonchev–Trinajstić information content (AvgIpc) is 2.40. The third kappa shape index (κ3) is 4.64. The van der Waals surface area contributed by atoms with Crippen LogP contribution in [-0.2, 0) is 4.79 Å². The monoisotopic (exact) mass is 303 g/mol. The summed E-state index contributed by atoms with van der Waals surface area (Å²) >= 11 is 1.35. The largest absolute Gasteiger partial charge is 0.383 e. The van der Waals surface area contributed by atoms with Crippen LogP contribution < -0.4 is 16.8 Å². The summed E-state index contributed by atoms with van der Waals surface area (Å²) < 4.78 is 0. The molecular formula is C14H17N5OS. The molecule has 0 radical (unpaired) electrons. The van der Waals surface area contributed by atoms with Crippen molar-refractivity contribution in [1.82, 2.24) is 9.97 Å². The van der Waals surface area contributed by atoms with E-state index in [2.05, 4.69) is 15.3 Å². The van der Waals surface area contributed by atoms with E-state index >= 15 is 0 Å². The summed E-state index contributed by atoms with van der Waals surface area (Å²) in [5.74, 6) is 1.16. The molecule has 0 fully saturated rings. The minimum atomic E-state index is -0.0475. The Hall–Kier alpha value is -2.28. The van der Waals surface area contributed by atoms with Crippen molar-refractivity contribution in [2.24, 2.45) is 0 Å². The van der Waals surface area contributed by atoms with Crippen LogP contribution in [0.1, 0.15) is 12.0 Å². The molecular weight excluding hydrogens is 286 g/mol. The van der Waals surface area contributed by atoms with Crippen LogP contribution in [0.2, 0.25) is 0 Å². The summed E-state index contributed by atoms with van der Waals surface area (Å²) in [5.41, 5.74) is 13.0. The Morgan fingerprint density at radius 2 is 1.90 bits per heavy atom. The number of nitrogens with zero attached hydrogens (tertiary/aromatic N) is 2. The van der Waals surface area contributed by atoms with Crippen LogP contribution in [-0.4, -0.2) is 21.6 Å². The second-order valence-corrected chi connectivity index (χ2v) is 5.52. The fourth-order valence-electron chi connectivity index (χ4n) is 1.69. The van der Waals surface area contributed by atoms with Gasteiger partial charge >= 0.3 is 0 Å². The Balaban J connectivity index is 1.83. The van der Waals surface area contributed by atoms with Crippen molar-refractivity contribution < 1.29 is 4.79 Å². The maximum atomic E-state index is 11.9. The number of hydrogen-bond acceptors (Lipinski definition) is 6. The number of nitrogens with two attached hydrogens (primary N) is 2. The Morgan fingerprint density at radius 3 is 2.57 bits per heavy atom. The lowest BCUT2D eigenvalue weighted by Gasteiger charge is -2.07. The van der Waals surface area contributed by atoms with E-state index in [1.807, 2.05) is 31.2 Å². The number of nitrogens with one attached hydrogen (secondary N) is 1. The Bertz CT molecular complexity index is 627. The second kappa shape index (κ2) is 6.94. The molecule has 6 nitrogen and oxygen atoms in total. The van der Waals surface area contributed by atoms with Crippen LogP contribution in [0.5, 0.6) is 0 Å². The van der Waals surface area contributed by atoms with Gasteiger partial charge in [0.2, 0.25) is 5.91 Å². The van der Waals surface area contributed by atoms with Crippen molar-refractivity contribution in [3.05, 3.63) is 35.9 Å². The summed E-state index contributed by atoms with van der Waals surface area (Å²) in [4.78, 5) is 20.0. The third-order valence-electron chi connectivity index (χ3n) is 2.72. The fourth-order valence-corrected chi connectivity index (χ4v) is 2.50. The molecule has 0 atom stereocenters. The maximum absolute atomic E-state index is 11.9. The van der Waals surface area contributed by atoms with Gasteiger partial charge in [-0.25, -0.2) is 9.97 Å². The molecule has 0 unspecified atom stereocenters. The highest BCUT2D eigenvalue weighted by molar-refractivity contribution is 7.99. The van der Waals surface area contributed by atoms with E-state index in [0.717, 1.165) is 11.3 Å². The van der Waals surface area contributed by atoms with E-state index in [1.54, 1.807) is 0 Å². The zero-order valence-electron chi connectivity index (χ0n) is 11.7. The molecule has 0 saturated heterocycles. The number of thioether (sulfide) groups is 1. The third-order valence-corrected chi connectivity index (χ3v) is 3.57. The van der Waals surface area contributed by atoms with Gasteiger partial charge in [0.25, 0.3) is 0 Å². The van der Waals surface area contributed by atoms with Gasteiger partial charge in [-0.1, -0.05) is 30.0 Å². The van der Waals surface area contributed by atoms with Crippen molar-refractivity contribution in [1.29, 1.82) is 0 Å². The van der Waals surface area contributed by atoms with Crippen LogP contribution in [0.3, 0.4) is 0 Å². The summed E-state index contributed by atoms with van der Waals surface area (Å²) in [6.45, 7) is 1.95. The van der Waals surface area contributed by atoms with Crippen LogP contribution in [0.25, 0.3) is 0 Å². The fraction of sp³-hybridized carbons (Fsp3) is 0.214. The van der Waals surface area contributed by atoms with Gasteiger partial charge in [0.1, 0.15) is 11.6 Å². The molecule has 5 N–H and O–H groups in total. The topological polar surface area (TPSA) is 107 Å². The molecule has 0 aliphatic carbocycles. The van der Waals surface area contributed by atoms with E-state index in [-0.39, 0.29) is 5.91 Å². The summed E-state index contributed by atoms with van der Waals surface area (Å²) in [6, 6.07) is 9.15. The first-order chi connectivity index (χ1) is 10.0. The molecule has 1 amide bonds. The first-order valence-electron chi connectivity index (χ1n) is 6.43. The number of rotatable bonds is 5. The van der Waals surface area contributed by atoms with E-state index in [1.165, 1.54) is 17.8 Å². The molecule has 2 aromatic rings. The van der Waals surface area contributed by atoms with Gasteiger partial charge in [0.05, 0.1) is 0 Å². The minimum Gasteiger partial charge on any atom is -0.383 e. The summed E-state index contributed by atoms with van der Waals surface area (Å²) in [7, 11) is 0. The molecule has 1 heterocycles. The molecule has 0 bridgehead atoms. The van der Waals surface area contributed by atoms with Crippen LogP contribution in [0, 0.1) is 6.92 Å². The van der Waals surface area contributed by atoms with Gasteiger partial charge in [-0.2, -0.15) is 0 Å². The van der Waals surface area contributed by atoms with Crippen molar-refractivity contribution in [2.75, 3.05) is 22.5 Å². The van der Waals surface area contributed by atoms with E-state index in [9.17, 15) is 4.79 Å². The number of carbonyl (C=O) groups excluding carboxylic acids is 1. The van der Waals surface area contributed by atoms with Gasteiger partial charge in [0.15, 0.2) is 5.16 Å². The number of benzene rings is 1. The Morgan fingerprint density at radius 1 is 1.24 bits per heavy atom. The lowest BCUT2D eigenvalue weighted by atomic mass is 10.2. The number of aryl methyl sites for hydroxylation is 1. The van der Waals surface area contributed by atoms with Gasteiger partial charge in [0, 0.05) is 23.9 Å². The molecule has 0 aliphatic heterocycles. The number of aromatic nitrogens is 2. The Labute approximate surface area is 127 Å². The van der Waals surface area contributed by atoms with Crippen molar-refractivity contribution in [3.8, 4) is 0 Å². The summed E-state index contributed by atoms with van der Waals surface area (Å²) in [5, 5.41) is 3.36. The Kier molecular flexibility index (Phi) is 4.99. The number of para-hydroxylation sites is 1. The van der Waals surface area contributed by atoms with Crippen molar-refractivity contribution >= 4 is 35.0 Å². The minimum absolute atomic E-state index is 0.0475. The summed E-state index contributed by atoms with van der Waals surface area (Å²) in [6.07, 6.45) is 0.358. The molecule has 0 aliphatic rings. The normalized spacial score (nSPS) is 10.3. The predicted octanol–water partition coefficient (Wildman–Crippen LogP) is 2.07. The molecule has 110 valence electrons. The van der Waals surface area contributed by atoms with Crippen molar-refractivity contribution in [2.45, 2.75) is 18.5 Å². The zero-order valence-corrected chi connectivity index (χ0v) is 12.5. The first kappa shape index (κ1) is 15.1. The van der Waals surface area contributed by atoms with Gasteiger partial charge in [-0.15, -0.1) is 0 Å². The number of hydrogen-bond donors (Lipinski definition) is 3. The van der Waals surface area contributed by atoms with Crippen LogP contribution >= 0.6 is 11.8 Å². The SMILES string of the molecule is Cc1ccccc1NC(=O)CCSc1nc(N)cc(N)n1. The highest BCUT2D eigenvalue weighted by Gasteiger charge is 2.06. The first-order valence-corrected chi connectivity index (χ1v) is 7.41. The molecule has 7 heteroatoms. The smallest absolute Gasteiger partial charge is 0.225 e. The second-order valence-electron chi connectivity index (χ2n) is 4.46. The maximum Gasteiger partial charge on any atom is 0.225 e. The van der Waals surface area contributed by atoms with Crippen LogP contribution in [0.4, 0.5) is 17.3 Å². The standard InChI is InChI=1S/C14H17N5OS/c1-9-4-2-3-5-10(9)17-13(20)6-7-21-14-18-11(15)8-12(16)19-14/h2-5,8H,6-7H2,1H3,(H,17,20)(H4,15,16,18,19). The van der Waals surface area contributed by atoms with Crippen molar-refractivity contribution in [3.63, 3.8) is 0 Å².